The molecule has 0 radical (unpaired) electrons. The molecule has 2 saturated heterocycles. The summed E-state index contributed by atoms with van der Waals surface area (Å²) in [5, 5.41) is 13.8. The summed E-state index contributed by atoms with van der Waals surface area (Å²) in [6, 6.07) is 0.0145. The van der Waals surface area contributed by atoms with Crippen LogP contribution in [0.4, 0.5) is 0 Å². The summed E-state index contributed by atoms with van der Waals surface area (Å²) in [4.78, 5) is 42.6. The second-order valence-corrected chi connectivity index (χ2v) is 11.4. The van der Waals surface area contributed by atoms with Crippen molar-refractivity contribution in [2.75, 3.05) is 46.4 Å². The Morgan fingerprint density at radius 1 is 1.17 bits per heavy atom. The number of hydrogen-bond acceptors (Lipinski definition) is 7. The van der Waals surface area contributed by atoms with E-state index in [1.807, 2.05) is 11.8 Å². The lowest BCUT2D eigenvalue weighted by Gasteiger charge is -2.40. The summed E-state index contributed by atoms with van der Waals surface area (Å²) >= 11 is 0. The first-order valence-electron chi connectivity index (χ1n) is 13.6. The highest BCUT2D eigenvalue weighted by molar-refractivity contribution is 6.00. The van der Waals surface area contributed by atoms with Gasteiger partial charge in [0, 0.05) is 31.6 Å². The van der Waals surface area contributed by atoms with E-state index < -0.39 is 18.0 Å². The van der Waals surface area contributed by atoms with Gasteiger partial charge >= 0.3 is 5.97 Å². The van der Waals surface area contributed by atoms with E-state index >= 15 is 0 Å². The molecule has 2 aliphatic rings. The predicted molar refractivity (Wildman–Crippen MR) is 137 cm³/mol. The van der Waals surface area contributed by atoms with Crippen molar-refractivity contribution < 1.29 is 24.2 Å². The summed E-state index contributed by atoms with van der Waals surface area (Å²) in [5.74, 6) is -0.560. The number of ketones is 1. The topological polar surface area (TPSA) is 99.2 Å². The quantitative estimate of drug-likeness (QED) is 0.431. The first kappa shape index (κ1) is 29.7. The minimum Gasteiger partial charge on any atom is -0.463 e. The zero-order valence-corrected chi connectivity index (χ0v) is 22.8. The van der Waals surface area contributed by atoms with Crippen molar-refractivity contribution in [1.29, 1.82) is 0 Å². The van der Waals surface area contributed by atoms with Crippen LogP contribution in [0.3, 0.4) is 0 Å². The van der Waals surface area contributed by atoms with E-state index in [1.54, 1.807) is 6.92 Å². The van der Waals surface area contributed by atoms with E-state index in [0.717, 1.165) is 25.9 Å². The van der Waals surface area contributed by atoms with Gasteiger partial charge in [0.1, 0.15) is 18.3 Å². The number of carbonyl (C=O) groups is 3. The van der Waals surface area contributed by atoms with Crippen LogP contribution in [0.5, 0.6) is 0 Å². The molecule has 0 aromatic rings. The van der Waals surface area contributed by atoms with Crippen molar-refractivity contribution in [1.82, 2.24) is 15.1 Å². The van der Waals surface area contributed by atoms with Crippen molar-refractivity contribution >= 4 is 17.7 Å². The largest absolute Gasteiger partial charge is 0.463 e. The Morgan fingerprint density at radius 2 is 1.83 bits per heavy atom. The van der Waals surface area contributed by atoms with Crippen LogP contribution in [0.25, 0.3) is 0 Å². The molecule has 1 unspecified atom stereocenters. The number of aliphatic hydroxyl groups excluding tert-OH is 1. The van der Waals surface area contributed by atoms with Crippen LogP contribution in [0.15, 0.2) is 0 Å². The lowest BCUT2D eigenvalue weighted by molar-refractivity contribution is -0.155. The molecule has 8 heteroatoms. The van der Waals surface area contributed by atoms with Crippen LogP contribution in [0.2, 0.25) is 0 Å². The van der Waals surface area contributed by atoms with Crippen LogP contribution >= 0.6 is 0 Å². The molecule has 2 fully saturated rings. The lowest BCUT2D eigenvalue weighted by Crippen LogP contribution is -2.50. The van der Waals surface area contributed by atoms with Crippen molar-refractivity contribution in [2.24, 2.45) is 29.6 Å². The van der Waals surface area contributed by atoms with Gasteiger partial charge in [-0.15, -0.1) is 0 Å². The average molecular weight is 496 g/mol. The molecule has 1 amide bonds. The minimum atomic E-state index is -0.779. The minimum absolute atomic E-state index is 0.0145. The van der Waals surface area contributed by atoms with Gasteiger partial charge in [-0.05, 0) is 63.5 Å². The highest BCUT2D eigenvalue weighted by Gasteiger charge is 2.36. The van der Waals surface area contributed by atoms with E-state index in [0.29, 0.717) is 44.8 Å². The maximum atomic E-state index is 12.9. The Balaban J connectivity index is 2.07. The number of aliphatic hydroxyl groups is 1. The van der Waals surface area contributed by atoms with Crippen molar-refractivity contribution in [3.63, 3.8) is 0 Å². The third-order valence-electron chi connectivity index (χ3n) is 7.65. The monoisotopic (exact) mass is 495 g/mol. The lowest BCUT2D eigenvalue weighted by atomic mass is 9.86. The highest BCUT2D eigenvalue weighted by Crippen LogP contribution is 2.27. The molecule has 2 aliphatic heterocycles. The molecule has 8 nitrogen and oxygen atoms in total. The molecule has 35 heavy (non-hydrogen) atoms. The van der Waals surface area contributed by atoms with Crippen LogP contribution in [-0.2, 0) is 19.1 Å². The molecule has 0 saturated carbocycles. The number of likely N-dealkylation sites (tertiary alicyclic amines) is 1. The first-order valence-corrected chi connectivity index (χ1v) is 13.6. The number of nitrogens with one attached hydrogen (secondary N) is 1. The van der Waals surface area contributed by atoms with Gasteiger partial charge in [0.15, 0.2) is 0 Å². The van der Waals surface area contributed by atoms with Gasteiger partial charge in [-0.1, -0.05) is 34.6 Å². The average Bonchev–Trinajstić information content (AvgIpc) is 2.79. The Kier molecular flexibility index (Phi) is 12.1. The molecular formula is C27H49N3O5. The molecule has 202 valence electrons. The zero-order chi connectivity index (χ0) is 26.1. The molecular weight excluding hydrogens is 446 g/mol. The van der Waals surface area contributed by atoms with Gasteiger partial charge in [-0.3, -0.25) is 19.3 Å². The number of piperidine rings is 1. The second kappa shape index (κ2) is 14.3. The van der Waals surface area contributed by atoms with Gasteiger partial charge in [0.2, 0.25) is 5.91 Å². The zero-order valence-electron chi connectivity index (χ0n) is 22.8. The molecule has 5 atom stereocenters. The summed E-state index contributed by atoms with van der Waals surface area (Å²) in [7, 11) is 2.06. The molecule has 0 bridgehead atoms. The second-order valence-electron chi connectivity index (χ2n) is 11.4. The third kappa shape index (κ3) is 9.14. The van der Waals surface area contributed by atoms with Gasteiger partial charge in [-0.25, -0.2) is 0 Å². The molecule has 0 aromatic heterocycles. The number of rotatable bonds is 6. The molecule has 2 rings (SSSR count). The van der Waals surface area contributed by atoms with Gasteiger partial charge in [-0.2, -0.15) is 0 Å². The Hall–Kier alpha value is -1.51. The summed E-state index contributed by atoms with van der Waals surface area (Å²) in [6.07, 6.45) is 2.54. The number of ether oxygens (including phenoxy) is 1. The summed E-state index contributed by atoms with van der Waals surface area (Å²) < 4.78 is 5.77. The number of nitrogens with zero attached hydrogens (tertiary/aromatic N) is 2. The van der Waals surface area contributed by atoms with E-state index in [1.165, 1.54) is 0 Å². The van der Waals surface area contributed by atoms with Gasteiger partial charge in [0.25, 0.3) is 0 Å². The van der Waals surface area contributed by atoms with Crippen LogP contribution < -0.4 is 5.32 Å². The number of cyclic esters (lactones) is 1. The Bertz CT molecular complexity index is 692. The van der Waals surface area contributed by atoms with Gasteiger partial charge in [0.05, 0.1) is 12.6 Å². The summed E-state index contributed by atoms with van der Waals surface area (Å²) in [6.45, 7) is 13.6. The number of hydrogen-bond donors (Lipinski definition) is 2. The number of carbonyl (C=O) groups excluding carboxylic acids is 3. The molecule has 0 aromatic carbocycles. The van der Waals surface area contributed by atoms with E-state index in [4.69, 9.17) is 4.74 Å². The van der Waals surface area contributed by atoms with E-state index in [-0.39, 0.29) is 42.1 Å². The van der Waals surface area contributed by atoms with E-state index in [2.05, 4.69) is 38.0 Å². The Labute approximate surface area is 212 Å². The third-order valence-corrected chi connectivity index (χ3v) is 7.65. The summed E-state index contributed by atoms with van der Waals surface area (Å²) in [5.41, 5.74) is 0. The Morgan fingerprint density at radius 3 is 2.43 bits per heavy atom. The maximum absolute atomic E-state index is 12.9. The van der Waals surface area contributed by atoms with Crippen molar-refractivity contribution in [3.8, 4) is 0 Å². The fourth-order valence-corrected chi connectivity index (χ4v) is 5.62. The molecule has 0 spiro atoms. The SMILES string of the molecule is CCC1C(=O)OC[C@@H](C2CCN(C(=O)CNCC(C)C)CC2)N(C)C[C@H](C)C[C@@H](O)C[C@@H](C)C1=O. The number of esters is 1. The number of amides is 1. The number of likely N-dealkylation sites (N-methyl/N-ethyl adjacent to an activating group) is 1. The molecule has 2 heterocycles. The number of Topliss-reactive ketones (excluding diaryl/α,β-unsaturated/α-hetero) is 1. The van der Waals surface area contributed by atoms with Crippen molar-refractivity contribution in [2.45, 2.75) is 78.9 Å². The fourth-order valence-electron chi connectivity index (χ4n) is 5.62. The smallest absolute Gasteiger partial charge is 0.316 e. The maximum Gasteiger partial charge on any atom is 0.316 e. The van der Waals surface area contributed by atoms with Crippen LogP contribution in [-0.4, -0.2) is 91.1 Å². The molecule has 2 N–H and O–H groups in total. The van der Waals surface area contributed by atoms with Crippen LogP contribution in [0.1, 0.15) is 66.7 Å². The van der Waals surface area contributed by atoms with E-state index in [9.17, 15) is 19.5 Å². The fraction of sp³-hybridized carbons (Fsp3) is 0.889. The molecule has 0 aliphatic carbocycles. The highest BCUT2D eigenvalue weighted by atomic mass is 16.5. The predicted octanol–water partition coefficient (Wildman–Crippen LogP) is 2.34. The normalized spacial score (nSPS) is 31.0. The first-order chi connectivity index (χ1) is 16.5. The van der Waals surface area contributed by atoms with Gasteiger partial charge < -0.3 is 20.1 Å². The van der Waals surface area contributed by atoms with Crippen molar-refractivity contribution in [3.05, 3.63) is 0 Å². The standard InChI is InChI=1S/C27H49N3O5/c1-7-23-26(33)20(5)13-22(31)12-19(4)16-29(6)24(17-35-27(23)34)21-8-10-30(11-9-21)25(32)15-28-14-18(2)3/h18-24,28,31H,7-17H2,1-6H3/t19-,20-,22-,23?,24+/m1/s1. The van der Waals surface area contributed by atoms with Crippen LogP contribution in [0, 0.1) is 29.6 Å².